The van der Waals surface area contributed by atoms with Gasteiger partial charge in [-0.05, 0) is 85.1 Å². The third-order valence-electron chi connectivity index (χ3n) is 6.80. The Kier molecular flexibility index (Phi) is 4.82. The number of nitrogens with zero attached hydrogens (tertiary/aromatic N) is 1. The standard InChI is InChI=1S/C25H29NO/c1-3-11-24(27)13-14-25(12-4-2)22(17-24)9-7-20-16-19(8-10-23(20)25)21-6-5-15-26-18-21/h5-6,8,10,15-16,18,22,27H,4,7,9,12-14,17H2,1-2H3/t22-,24-,25-/m1/s1. The van der Waals surface area contributed by atoms with Gasteiger partial charge in [-0.1, -0.05) is 43.5 Å². The highest BCUT2D eigenvalue weighted by Crippen LogP contribution is 2.55. The molecule has 2 aromatic rings. The van der Waals surface area contributed by atoms with Crippen LogP contribution in [0.25, 0.3) is 11.1 Å². The zero-order valence-electron chi connectivity index (χ0n) is 16.5. The first-order valence-corrected chi connectivity index (χ1v) is 10.3. The molecule has 3 atom stereocenters. The van der Waals surface area contributed by atoms with E-state index in [0.717, 1.165) is 32.1 Å². The van der Waals surface area contributed by atoms with Gasteiger partial charge in [0, 0.05) is 12.4 Å². The summed E-state index contributed by atoms with van der Waals surface area (Å²) in [6.45, 7) is 4.12. The van der Waals surface area contributed by atoms with E-state index in [4.69, 9.17) is 0 Å². The van der Waals surface area contributed by atoms with Gasteiger partial charge >= 0.3 is 0 Å². The van der Waals surface area contributed by atoms with Crippen molar-refractivity contribution in [3.8, 4) is 23.0 Å². The number of hydrogen-bond donors (Lipinski definition) is 1. The second-order valence-electron chi connectivity index (χ2n) is 8.37. The fourth-order valence-corrected chi connectivity index (χ4v) is 5.66. The minimum absolute atomic E-state index is 0.206. The molecule has 0 spiro atoms. The molecule has 1 aromatic heterocycles. The summed E-state index contributed by atoms with van der Waals surface area (Å²) in [6.07, 6.45) is 11.0. The highest BCUT2D eigenvalue weighted by Gasteiger charge is 2.50. The van der Waals surface area contributed by atoms with Gasteiger partial charge in [0.2, 0.25) is 0 Å². The van der Waals surface area contributed by atoms with Crippen LogP contribution in [0.15, 0.2) is 42.7 Å². The van der Waals surface area contributed by atoms with Gasteiger partial charge < -0.3 is 5.11 Å². The van der Waals surface area contributed by atoms with Crippen LogP contribution in [0.4, 0.5) is 0 Å². The lowest BCUT2D eigenvalue weighted by Crippen LogP contribution is -2.49. The van der Waals surface area contributed by atoms with Gasteiger partial charge in [-0.3, -0.25) is 4.98 Å². The minimum Gasteiger partial charge on any atom is -0.378 e. The summed E-state index contributed by atoms with van der Waals surface area (Å²) in [5.41, 5.74) is 4.88. The van der Waals surface area contributed by atoms with E-state index in [1.165, 1.54) is 35.1 Å². The SMILES string of the molecule is CC#C[C@@]1(O)CC[C@@]2(CCC)c3ccc(-c4cccnc4)cc3CC[C@@H]2C1. The summed E-state index contributed by atoms with van der Waals surface area (Å²) in [4.78, 5) is 4.27. The van der Waals surface area contributed by atoms with Crippen molar-refractivity contribution >= 4 is 0 Å². The van der Waals surface area contributed by atoms with Crippen molar-refractivity contribution in [2.24, 2.45) is 5.92 Å². The molecule has 0 bridgehead atoms. The first-order chi connectivity index (χ1) is 13.1. The van der Waals surface area contributed by atoms with Crippen molar-refractivity contribution in [2.75, 3.05) is 0 Å². The molecule has 0 saturated heterocycles. The lowest BCUT2D eigenvalue weighted by atomic mass is 9.53. The third-order valence-corrected chi connectivity index (χ3v) is 6.80. The van der Waals surface area contributed by atoms with Gasteiger partial charge in [0.1, 0.15) is 5.60 Å². The maximum atomic E-state index is 11.0. The molecule has 0 unspecified atom stereocenters. The van der Waals surface area contributed by atoms with Crippen molar-refractivity contribution in [3.05, 3.63) is 53.9 Å². The van der Waals surface area contributed by atoms with Gasteiger partial charge in [0.25, 0.3) is 0 Å². The van der Waals surface area contributed by atoms with E-state index in [1.807, 2.05) is 25.4 Å². The van der Waals surface area contributed by atoms with Crippen molar-refractivity contribution in [3.63, 3.8) is 0 Å². The largest absolute Gasteiger partial charge is 0.378 e. The molecule has 2 heteroatoms. The Balaban J connectivity index is 1.74. The van der Waals surface area contributed by atoms with Crippen LogP contribution in [0.1, 0.15) is 63.5 Å². The molecular weight excluding hydrogens is 330 g/mol. The number of rotatable bonds is 3. The van der Waals surface area contributed by atoms with Crippen LogP contribution in [0, 0.1) is 17.8 Å². The molecule has 1 aromatic carbocycles. The number of pyridine rings is 1. The molecule has 1 N–H and O–H groups in total. The molecule has 2 nitrogen and oxygen atoms in total. The monoisotopic (exact) mass is 359 g/mol. The van der Waals surface area contributed by atoms with E-state index in [2.05, 4.69) is 48.0 Å². The predicted octanol–water partition coefficient (Wildman–Crippen LogP) is 5.29. The fraction of sp³-hybridized carbons (Fsp3) is 0.480. The average molecular weight is 360 g/mol. The van der Waals surface area contributed by atoms with E-state index < -0.39 is 5.60 Å². The summed E-state index contributed by atoms with van der Waals surface area (Å²) in [5.74, 6) is 6.59. The van der Waals surface area contributed by atoms with E-state index in [9.17, 15) is 5.11 Å². The summed E-state index contributed by atoms with van der Waals surface area (Å²) in [7, 11) is 0. The van der Waals surface area contributed by atoms with Crippen molar-refractivity contribution in [1.29, 1.82) is 0 Å². The number of fused-ring (bicyclic) bond motifs is 3. The Hall–Kier alpha value is -2.11. The second-order valence-corrected chi connectivity index (χ2v) is 8.37. The quantitative estimate of drug-likeness (QED) is 0.756. The zero-order chi connectivity index (χ0) is 18.9. The molecule has 0 amide bonds. The first kappa shape index (κ1) is 18.3. The van der Waals surface area contributed by atoms with Crippen LogP contribution < -0.4 is 0 Å². The summed E-state index contributed by atoms with van der Waals surface area (Å²) in [5, 5.41) is 11.0. The normalized spacial score (nSPS) is 29.2. The molecule has 1 heterocycles. The van der Waals surface area contributed by atoms with Gasteiger partial charge in [0.05, 0.1) is 0 Å². The molecule has 0 aliphatic heterocycles. The molecule has 1 fully saturated rings. The number of aryl methyl sites for hydroxylation is 1. The van der Waals surface area contributed by atoms with Crippen LogP contribution in [-0.2, 0) is 11.8 Å². The smallest absolute Gasteiger partial charge is 0.125 e. The predicted molar refractivity (Wildman–Crippen MR) is 110 cm³/mol. The van der Waals surface area contributed by atoms with Gasteiger partial charge in [-0.2, -0.15) is 0 Å². The number of benzene rings is 1. The first-order valence-electron chi connectivity index (χ1n) is 10.3. The Labute approximate surface area is 163 Å². The molecule has 140 valence electrons. The van der Waals surface area contributed by atoms with E-state index in [1.54, 1.807) is 0 Å². The molecule has 4 rings (SSSR count). The van der Waals surface area contributed by atoms with Gasteiger partial charge in [0.15, 0.2) is 0 Å². The van der Waals surface area contributed by atoms with Crippen LogP contribution in [0.5, 0.6) is 0 Å². The van der Waals surface area contributed by atoms with Crippen LogP contribution in [0.3, 0.4) is 0 Å². The molecule has 2 aliphatic carbocycles. The summed E-state index contributed by atoms with van der Waals surface area (Å²) in [6, 6.07) is 11.1. The Bertz CT molecular complexity index is 878. The fourth-order valence-electron chi connectivity index (χ4n) is 5.66. The Morgan fingerprint density at radius 3 is 2.85 bits per heavy atom. The van der Waals surface area contributed by atoms with E-state index in [0.29, 0.717) is 5.92 Å². The van der Waals surface area contributed by atoms with Crippen molar-refractivity contribution in [2.45, 2.75) is 69.8 Å². The van der Waals surface area contributed by atoms with Gasteiger partial charge in [-0.15, -0.1) is 5.92 Å². The maximum Gasteiger partial charge on any atom is 0.125 e. The third kappa shape index (κ3) is 3.19. The van der Waals surface area contributed by atoms with Crippen molar-refractivity contribution in [1.82, 2.24) is 4.98 Å². The number of aromatic nitrogens is 1. The molecule has 0 radical (unpaired) electrons. The highest BCUT2D eigenvalue weighted by atomic mass is 16.3. The maximum absolute atomic E-state index is 11.0. The molecule has 2 aliphatic rings. The van der Waals surface area contributed by atoms with E-state index >= 15 is 0 Å². The average Bonchev–Trinajstić information content (AvgIpc) is 2.69. The lowest BCUT2D eigenvalue weighted by molar-refractivity contribution is -0.0109. The van der Waals surface area contributed by atoms with Crippen LogP contribution in [-0.4, -0.2) is 15.7 Å². The molecular formula is C25H29NO. The second kappa shape index (κ2) is 7.13. The molecule has 1 saturated carbocycles. The van der Waals surface area contributed by atoms with Gasteiger partial charge in [-0.25, -0.2) is 0 Å². The summed E-state index contributed by atoms with van der Waals surface area (Å²) >= 11 is 0. The van der Waals surface area contributed by atoms with Crippen molar-refractivity contribution < 1.29 is 5.11 Å². The van der Waals surface area contributed by atoms with Crippen LogP contribution >= 0.6 is 0 Å². The number of aliphatic hydroxyl groups is 1. The van der Waals surface area contributed by atoms with Crippen LogP contribution in [0.2, 0.25) is 0 Å². The highest BCUT2D eigenvalue weighted by molar-refractivity contribution is 5.64. The minimum atomic E-state index is -0.788. The zero-order valence-corrected chi connectivity index (χ0v) is 16.5. The van der Waals surface area contributed by atoms with E-state index in [-0.39, 0.29) is 5.41 Å². The number of hydrogen-bond acceptors (Lipinski definition) is 2. The Morgan fingerprint density at radius 1 is 1.22 bits per heavy atom. The summed E-state index contributed by atoms with van der Waals surface area (Å²) < 4.78 is 0. The molecule has 27 heavy (non-hydrogen) atoms. The topological polar surface area (TPSA) is 33.1 Å². The Morgan fingerprint density at radius 2 is 2.11 bits per heavy atom. The lowest BCUT2D eigenvalue weighted by Gasteiger charge is -2.52.